The second-order valence-electron chi connectivity index (χ2n) is 4.71. The first kappa shape index (κ1) is 13.4. The number of nitrogen functional groups attached to an aromatic ring is 1. The quantitative estimate of drug-likeness (QED) is 0.638. The van der Waals surface area contributed by atoms with Gasteiger partial charge in [-0.1, -0.05) is 26.0 Å². The van der Waals surface area contributed by atoms with Gasteiger partial charge < -0.3 is 10.2 Å². The van der Waals surface area contributed by atoms with E-state index in [2.05, 4.69) is 36.4 Å². The molecule has 0 aliphatic carbocycles. The third-order valence-electron chi connectivity index (χ3n) is 2.90. The molecule has 3 N–H and O–H groups in total. The van der Waals surface area contributed by atoms with E-state index in [1.807, 2.05) is 24.3 Å². The monoisotopic (exact) mass is 257 g/mol. The molecule has 0 aliphatic heterocycles. The fourth-order valence-electron chi connectivity index (χ4n) is 1.77. The Labute approximate surface area is 113 Å². The highest BCUT2D eigenvalue weighted by molar-refractivity contribution is 5.36. The van der Waals surface area contributed by atoms with Gasteiger partial charge in [0.05, 0.1) is 0 Å². The molecule has 4 nitrogen and oxygen atoms in total. The van der Waals surface area contributed by atoms with Crippen LogP contribution in [0.15, 0.2) is 42.6 Å². The number of aromatic nitrogens is 1. The minimum Gasteiger partial charge on any atom is -0.489 e. The summed E-state index contributed by atoms with van der Waals surface area (Å²) in [7, 11) is 0. The molecule has 0 saturated heterocycles. The van der Waals surface area contributed by atoms with Crippen molar-refractivity contribution in [2.45, 2.75) is 26.4 Å². The zero-order chi connectivity index (χ0) is 13.7. The average Bonchev–Trinajstić information content (AvgIpc) is 2.45. The predicted molar refractivity (Wildman–Crippen MR) is 76.9 cm³/mol. The van der Waals surface area contributed by atoms with E-state index >= 15 is 0 Å². The molecule has 0 fully saturated rings. The number of benzene rings is 1. The molecule has 0 unspecified atom stereocenters. The van der Waals surface area contributed by atoms with Crippen LogP contribution in [0.4, 0.5) is 5.82 Å². The van der Waals surface area contributed by atoms with Crippen molar-refractivity contribution in [1.29, 1.82) is 0 Å². The van der Waals surface area contributed by atoms with Gasteiger partial charge in [0.1, 0.15) is 18.2 Å². The van der Waals surface area contributed by atoms with Gasteiger partial charge in [0.25, 0.3) is 0 Å². The SMILES string of the molecule is CC(C)c1cccc(OCc2ccnc(NN)c2)c1. The van der Waals surface area contributed by atoms with Crippen molar-refractivity contribution in [3.63, 3.8) is 0 Å². The van der Waals surface area contributed by atoms with E-state index in [1.54, 1.807) is 6.20 Å². The standard InChI is InChI=1S/C15H19N3O/c1-11(2)13-4-3-5-14(9-13)19-10-12-6-7-17-15(8-12)18-16/h3-9,11H,10,16H2,1-2H3,(H,17,18). The highest BCUT2D eigenvalue weighted by atomic mass is 16.5. The number of hydrogen-bond acceptors (Lipinski definition) is 4. The Hall–Kier alpha value is -2.07. The van der Waals surface area contributed by atoms with E-state index in [0.717, 1.165) is 11.3 Å². The van der Waals surface area contributed by atoms with Crippen molar-refractivity contribution in [2.24, 2.45) is 5.84 Å². The zero-order valence-corrected chi connectivity index (χ0v) is 11.3. The van der Waals surface area contributed by atoms with Crippen LogP contribution in [-0.4, -0.2) is 4.98 Å². The summed E-state index contributed by atoms with van der Waals surface area (Å²) in [6, 6.07) is 12.0. The summed E-state index contributed by atoms with van der Waals surface area (Å²) in [5.41, 5.74) is 4.82. The van der Waals surface area contributed by atoms with E-state index in [-0.39, 0.29) is 0 Å². The normalized spacial score (nSPS) is 10.5. The van der Waals surface area contributed by atoms with Gasteiger partial charge in [-0.2, -0.15) is 0 Å². The van der Waals surface area contributed by atoms with Crippen LogP contribution in [-0.2, 0) is 6.61 Å². The van der Waals surface area contributed by atoms with Crippen molar-refractivity contribution in [3.05, 3.63) is 53.7 Å². The summed E-state index contributed by atoms with van der Waals surface area (Å²) >= 11 is 0. The van der Waals surface area contributed by atoms with Crippen LogP contribution in [0.2, 0.25) is 0 Å². The van der Waals surface area contributed by atoms with Crippen molar-refractivity contribution in [2.75, 3.05) is 5.43 Å². The summed E-state index contributed by atoms with van der Waals surface area (Å²) in [6.07, 6.45) is 1.71. The maximum atomic E-state index is 5.79. The molecule has 1 aromatic heterocycles. The highest BCUT2D eigenvalue weighted by Crippen LogP contribution is 2.21. The van der Waals surface area contributed by atoms with Gasteiger partial charge in [0.2, 0.25) is 0 Å². The van der Waals surface area contributed by atoms with Crippen molar-refractivity contribution < 1.29 is 4.74 Å². The van der Waals surface area contributed by atoms with E-state index in [1.165, 1.54) is 5.56 Å². The fourth-order valence-corrected chi connectivity index (χ4v) is 1.77. The minimum absolute atomic E-state index is 0.498. The molecule has 0 saturated carbocycles. The molecule has 2 aromatic rings. The molecule has 0 radical (unpaired) electrons. The van der Waals surface area contributed by atoms with Gasteiger partial charge in [0.15, 0.2) is 0 Å². The van der Waals surface area contributed by atoms with Gasteiger partial charge in [0, 0.05) is 6.20 Å². The van der Waals surface area contributed by atoms with Crippen LogP contribution >= 0.6 is 0 Å². The minimum atomic E-state index is 0.498. The molecule has 0 atom stereocenters. The van der Waals surface area contributed by atoms with Gasteiger partial charge >= 0.3 is 0 Å². The van der Waals surface area contributed by atoms with Gasteiger partial charge in [-0.15, -0.1) is 0 Å². The summed E-state index contributed by atoms with van der Waals surface area (Å²) in [5, 5.41) is 0. The molecule has 0 bridgehead atoms. The number of nitrogens with zero attached hydrogens (tertiary/aromatic N) is 1. The lowest BCUT2D eigenvalue weighted by Crippen LogP contribution is -2.09. The molecule has 19 heavy (non-hydrogen) atoms. The third kappa shape index (κ3) is 3.69. The Kier molecular flexibility index (Phi) is 4.36. The van der Waals surface area contributed by atoms with Crippen LogP contribution in [0.3, 0.4) is 0 Å². The Bertz CT molecular complexity index is 540. The van der Waals surface area contributed by atoms with E-state index in [4.69, 9.17) is 10.6 Å². The average molecular weight is 257 g/mol. The summed E-state index contributed by atoms with van der Waals surface area (Å²) in [4.78, 5) is 4.06. The fraction of sp³-hybridized carbons (Fsp3) is 0.267. The van der Waals surface area contributed by atoms with Gasteiger partial charge in [-0.25, -0.2) is 10.8 Å². The summed E-state index contributed by atoms with van der Waals surface area (Å²) in [5.74, 6) is 7.34. The van der Waals surface area contributed by atoms with Crippen molar-refractivity contribution >= 4 is 5.82 Å². The Morgan fingerprint density at radius 1 is 1.26 bits per heavy atom. The first-order chi connectivity index (χ1) is 9.19. The second-order valence-corrected chi connectivity index (χ2v) is 4.71. The van der Waals surface area contributed by atoms with Crippen LogP contribution in [0.5, 0.6) is 5.75 Å². The summed E-state index contributed by atoms with van der Waals surface area (Å²) < 4.78 is 5.79. The first-order valence-corrected chi connectivity index (χ1v) is 6.33. The molecule has 4 heteroatoms. The Morgan fingerprint density at radius 2 is 2.11 bits per heavy atom. The first-order valence-electron chi connectivity index (χ1n) is 6.33. The number of ether oxygens (including phenoxy) is 1. The molecule has 2 rings (SSSR count). The zero-order valence-electron chi connectivity index (χ0n) is 11.3. The number of nitrogens with two attached hydrogens (primary N) is 1. The molecule has 0 amide bonds. The van der Waals surface area contributed by atoms with Crippen LogP contribution in [0.1, 0.15) is 30.9 Å². The van der Waals surface area contributed by atoms with Crippen molar-refractivity contribution in [1.82, 2.24) is 4.98 Å². The maximum absolute atomic E-state index is 5.79. The largest absolute Gasteiger partial charge is 0.489 e. The highest BCUT2D eigenvalue weighted by Gasteiger charge is 2.02. The maximum Gasteiger partial charge on any atom is 0.140 e. The number of pyridine rings is 1. The number of hydrazine groups is 1. The van der Waals surface area contributed by atoms with E-state index in [9.17, 15) is 0 Å². The molecule has 1 heterocycles. The molecule has 100 valence electrons. The van der Waals surface area contributed by atoms with E-state index in [0.29, 0.717) is 18.3 Å². The number of anilines is 1. The smallest absolute Gasteiger partial charge is 0.140 e. The van der Waals surface area contributed by atoms with Gasteiger partial charge in [-0.05, 0) is 41.3 Å². The Morgan fingerprint density at radius 3 is 2.84 bits per heavy atom. The van der Waals surface area contributed by atoms with Crippen molar-refractivity contribution in [3.8, 4) is 5.75 Å². The molecule has 1 aromatic carbocycles. The topological polar surface area (TPSA) is 60.2 Å². The van der Waals surface area contributed by atoms with Gasteiger partial charge in [-0.3, -0.25) is 0 Å². The lowest BCUT2D eigenvalue weighted by atomic mass is 10.0. The van der Waals surface area contributed by atoms with Crippen LogP contribution in [0.25, 0.3) is 0 Å². The number of hydrogen-bond donors (Lipinski definition) is 2. The molecular weight excluding hydrogens is 238 g/mol. The lowest BCUT2D eigenvalue weighted by Gasteiger charge is -2.10. The summed E-state index contributed by atoms with van der Waals surface area (Å²) in [6.45, 7) is 4.83. The lowest BCUT2D eigenvalue weighted by molar-refractivity contribution is 0.305. The Balaban J connectivity index is 2.03. The van der Waals surface area contributed by atoms with Crippen LogP contribution in [0, 0.1) is 0 Å². The molecule has 0 aliphatic rings. The molecule has 0 spiro atoms. The number of nitrogens with one attached hydrogen (secondary N) is 1. The van der Waals surface area contributed by atoms with Crippen LogP contribution < -0.4 is 16.0 Å². The molecular formula is C15H19N3O. The third-order valence-corrected chi connectivity index (χ3v) is 2.90. The second kappa shape index (κ2) is 6.20. The predicted octanol–water partition coefficient (Wildman–Crippen LogP) is 3.07. The number of rotatable bonds is 5. The van der Waals surface area contributed by atoms with E-state index < -0.39 is 0 Å².